The Labute approximate surface area is 270 Å². The van der Waals surface area contributed by atoms with Crippen LogP contribution in [0.1, 0.15) is 84.1 Å². The summed E-state index contributed by atoms with van der Waals surface area (Å²) in [6.45, 7) is 14.2. The lowest BCUT2D eigenvalue weighted by Gasteiger charge is -2.60. The van der Waals surface area contributed by atoms with Gasteiger partial charge in [0.1, 0.15) is 0 Å². The molecular formula is C35H53ClFN5OSi. The van der Waals surface area contributed by atoms with Gasteiger partial charge in [-0.25, -0.2) is 9.37 Å². The van der Waals surface area contributed by atoms with Gasteiger partial charge in [-0.15, -0.1) is 0 Å². The van der Waals surface area contributed by atoms with E-state index in [9.17, 15) is 4.39 Å². The summed E-state index contributed by atoms with van der Waals surface area (Å²) in [4.78, 5) is 8.66. The van der Waals surface area contributed by atoms with Crippen LogP contribution in [0.2, 0.25) is 23.2 Å². The van der Waals surface area contributed by atoms with Gasteiger partial charge in [0, 0.05) is 30.3 Å². The first-order valence-corrected chi connectivity index (χ1v) is 20.3. The van der Waals surface area contributed by atoms with Gasteiger partial charge in [0.15, 0.2) is 20.0 Å². The maximum absolute atomic E-state index is 14.8. The van der Waals surface area contributed by atoms with E-state index in [1.807, 2.05) is 24.3 Å². The van der Waals surface area contributed by atoms with Crippen LogP contribution < -0.4 is 16.0 Å². The van der Waals surface area contributed by atoms with Gasteiger partial charge in [-0.1, -0.05) is 50.6 Å². The van der Waals surface area contributed by atoms with Crippen LogP contribution in [0, 0.1) is 34.9 Å². The summed E-state index contributed by atoms with van der Waals surface area (Å²) in [6, 6.07) is 8.31. The van der Waals surface area contributed by atoms with Gasteiger partial charge in [-0.3, -0.25) is 0 Å². The van der Waals surface area contributed by atoms with Crippen LogP contribution >= 0.6 is 11.6 Å². The number of anilines is 2. The molecule has 5 saturated carbocycles. The van der Waals surface area contributed by atoms with Gasteiger partial charge >= 0.3 is 0 Å². The van der Waals surface area contributed by atoms with Crippen LogP contribution in [0.25, 0.3) is 0 Å². The SMILES string of the molecule is CC(C)(C)[Si](C)(C)OC1CCC(CNC2[C@@H]3CC4C[C@H]2CC(CNc2nc(NCc5ccccc5Cl)ncc2F)(C4)C3)CC1. The minimum absolute atomic E-state index is 0.233. The molecule has 5 aliphatic carbocycles. The molecule has 1 aromatic heterocycles. The fourth-order valence-electron chi connectivity index (χ4n) is 8.76. The highest BCUT2D eigenvalue weighted by molar-refractivity contribution is 6.74. The fourth-order valence-corrected chi connectivity index (χ4v) is 10.4. The zero-order valence-electron chi connectivity index (χ0n) is 27.4. The van der Waals surface area contributed by atoms with E-state index in [1.165, 1.54) is 64.0 Å². The summed E-state index contributed by atoms with van der Waals surface area (Å²) >= 11 is 6.29. The molecule has 0 radical (unpaired) electrons. The molecule has 6 nitrogen and oxygen atoms in total. The quantitative estimate of drug-likeness (QED) is 0.213. The topological polar surface area (TPSA) is 71.1 Å². The molecule has 5 fully saturated rings. The standard InChI is InChI=1S/C35H53ClFN5OSi/c1-34(2,3)44(4,5)43-28-12-10-23(11-13-28)19-38-31-26-14-24-15-27(31)18-35(16-24,17-26)22-41-32-30(37)21-40-33(42-32)39-20-25-8-6-7-9-29(25)36/h6-9,21,23-24,26-28,31,38H,10-20,22H2,1-5H3,(H2,39,40,41,42)/t23?,24?,26-,27+,28?,31?,35?. The molecule has 0 saturated heterocycles. The van der Waals surface area contributed by atoms with Crippen molar-refractivity contribution in [1.82, 2.24) is 15.3 Å². The van der Waals surface area contributed by atoms with Crippen molar-refractivity contribution in [2.45, 2.75) is 115 Å². The van der Waals surface area contributed by atoms with E-state index in [-0.39, 0.29) is 10.5 Å². The second kappa shape index (κ2) is 12.8. The first kappa shape index (κ1) is 32.2. The molecule has 3 N–H and O–H groups in total. The lowest BCUT2D eigenvalue weighted by atomic mass is 9.48. The smallest absolute Gasteiger partial charge is 0.225 e. The first-order chi connectivity index (χ1) is 20.9. The average molecular weight is 642 g/mol. The highest BCUT2D eigenvalue weighted by atomic mass is 35.5. The minimum atomic E-state index is -1.69. The zero-order chi connectivity index (χ0) is 31.1. The summed E-state index contributed by atoms with van der Waals surface area (Å²) in [5.41, 5.74) is 1.19. The van der Waals surface area contributed by atoms with Gasteiger partial charge in [0.2, 0.25) is 5.95 Å². The molecule has 242 valence electrons. The predicted octanol–water partition coefficient (Wildman–Crippen LogP) is 8.66. The monoisotopic (exact) mass is 641 g/mol. The van der Waals surface area contributed by atoms with Crippen LogP contribution in [-0.4, -0.2) is 43.5 Å². The van der Waals surface area contributed by atoms with Crippen molar-refractivity contribution < 1.29 is 8.82 Å². The van der Waals surface area contributed by atoms with Gasteiger partial charge in [-0.05, 0) is 123 Å². The summed E-state index contributed by atoms with van der Waals surface area (Å²) in [5, 5.41) is 11.7. The number of hydrogen-bond acceptors (Lipinski definition) is 6. The number of nitrogens with one attached hydrogen (secondary N) is 3. The van der Waals surface area contributed by atoms with Gasteiger partial charge < -0.3 is 20.4 Å². The zero-order valence-corrected chi connectivity index (χ0v) is 29.2. The number of nitrogens with zero attached hydrogens (tertiary/aromatic N) is 2. The third-order valence-corrected chi connectivity index (χ3v) is 16.8. The van der Waals surface area contributed by atoms with Crippen molar-refractivity contribution >= 4 is 31.7 Å². The normalized spacial score (nSPS) is 31.7. The van der Waals surface area contributed by atoms with Crippen molar-refractivity contribution in [3.63, 3.8) is 0 Å². The molecule has 0 spiro atoms. The number of halogens is 2. The molecule has 7 rings (SSSR count). The Morgan fingerprint density at radius 2 is 1.73 bits per heavy atom. The predicted molar refractivity (Wildman–Crippen MR) is 181 cm³/mol. The fraction of sp³-hybridized carbons (Fsp3) is 0.714. The molecule has 0 amide bonds. The Kier molecular flexibility index (Phi) is 9.37. The van der Waals surface area contributed by atoms with Crippen molar-refractivity contribution in [2.24, 2.45) is 29.1 Å². The molecule has 1 heterocycles. The first-order valence-electron chi connectivity index (χ1n) is 17.0. The highest BCUT2D eigenvalue weighted by Crippen LogP contribution is 2.60. The lowest BCUT2D eigenvalue weighted by Crippen LogP contribution is -2.60. The maximum atomic E-state index is 14.8. The number of hydrogen-bond donors (Lipinski definition) is 3. The van der Waals surface area contributed by atoms with Crippen LogP contribution in [0.4, 0.5) is 16.2 Å². The van der Waals surface area contributed by atoms with E-state index < -0.39 is 14.1 Å². The van der Waals surface area contributed by atoms with Crippen molar-refractivity contribution in [1.29, 1.82) is 0 Å². The van der Waals surface area contributed by atoms with Crippen LogP contribution in [0.5, 0.6) is 0 Å². The molecule has 44 heavy (non-hydrogen) atoms. The van der Waals surface area contributed by atoms with E-state index in [1.54, 1.807) is 0 Å². The van der Waals surface area contributed by atoms with E-state index >= 15 is 0 Å². The highest BCUT2D eigenvalue weighted by Gasteiger charge is 2.55. The molecule has 0 aliphatic heterocycles. The molecule has 5 atom stereocenters. The maximum Gasteiger partial charge on any atom is 0.225 e. The van der Waals surface area contributed by atoms with Crippen LogP contribution in [-0.2, 0) is 11.0 Å². The molecule has 1 aromatic carbocycles. The summed E-state index contributed by atoms with van der Waals surface area (Å²) < 4.78 is 21.6. The molecule has 2 aromatic rings. The molecule has 4 bridgehead atoms. The third-order valence-electron chi connectivity index (χ3n) is 11.9. The second-order valence-corrected chi connectivity index (χ2v) is 21.3. The Morgan fingerprint density at radius 3 is 2.41 bits per heavy atom. The molecular weight excluding hydrogens is 589 g/mol. The number of rotatable bonds is 11. The van der Waals surface area contributed by atoms with Gasteiger partial charge in [0.25, 0.3) is 0 Å². The van der Waals surface area contributed by atoms with E-state index in [0.717, 1.165) is 42.3 Å². The van der Waals surface area contributed by atoms with Crippen molar-refractivity contribution in [2.75, 3.05) is 23.7 Å². The largest absolute Gasteiger partial charge is 0.414 e. The Bertz CT molecular complexity index is 1280. The van der Waals surface area contributed by atoms with Crippen LogP contribution in [0.15, 0.2) is 30.5 Å². The molecule has 9 heteroatoms. The number of aromatic nitrogens is 2. The minimum Gasteiger partial charge on any atom is -0.414 e. The summed E-state index contributed by atoms with van der Waals surface area (Å²) in [6.07, 6.45) is 13.1. The average Bonchev–Trinajstić information content (AvgIpc) is 2.96. The van der Waals surface area contributed by atoms with Gasteiger partial charge in [-0.2, -0.15) is 4.98 Å². The van der Waals surface area contributed by atoms with Crippen molar-refractivity contribution in [3.8, 4) is 0 Å². The lowest BCUT2D eigenvalue weighted by molar-refractivity contribution is -0.0704. The van der Waals surface area contributed by atoms with Crippen LogP contribution in [0.3, 0.4) is 0 Å². The Morgan fingerprint density at radius 1 is 1.02 bits per heavy atom. The van der Waals surface area contributed by atoms with Crippen molar-refractivity contribution in [3.05, 3.63) is 46.9 Å². The number of benzene rings is 1. The molecule has 3 unspecified atom stereocenters. The van der Waals surface area contributed by atoms with Gasteiger partial charge in [0.05, 0.1) is 6.20 Å². The Balaban J connectivity index is 0.995. The third kappa shape index (κ3) is 7.13. The summed E-state index contributed by atoms with van der Waals surface area (Å²) in [5.74, 6) is 3.32. The molecule has 5 aliphatic rings. The Hall–Kier alpha value is -1.74. The van der Waals surface area contributed by atoms with E-state index in [2.05, 4.69) is 59.8 Å². The second-order valence-electron chi connectivity index (χ2n) is 16.1. The van der Waals surface area contributed by atoms with E-state index in [4.69, 9.17) is 16.0 Å². The summed E-state index contributed by atoms with van der Waals surface area (Å²) in [7, 11) is -1.69. The van der Waals surface area contributed by atoms with E-state index in [0.29, 0.717) is 35.5 Å².